The van der Waals surface area contributed by atoms with Gasteiger partial charge in [-0.05, 0) is 61.6 Å². The van der Waals surface area contributed by atoms with E-state index in [1.54, 1.807) is 0 Å². The van der Waals surface area contributed by atoms with E-state index >= 15 is 0 Å². The number of hydrogen-bond acceptors (Lipinski definition) is 3. The van der Waals surface area contributed by atoms with Gasteiger partial charge in [-0.1, -0.05) is 38.1 Å². The molecule has 1 atom stereocenters. The zero-order valence-electron chi connectivity index (χ0n) is 16.3. The number of nitrogens with one attached hydrogen (secondary N) is 1. The van der Waals surface area contributed by atoms with Crippen LogP contribution >= 0.6 is 0 Å². The van der Waals surface area contributed by atoms with Gasteiger partial charge in [0.05, 0.1) is 12.6 Å². The Kier molecular flexibility index (Phi) is 7.07. The second-order valence-electron chi connectivity index (χ2n) is 6.78. The van der Waals surface area contributed by atoms with Gasteiger partial charge in [-0.15, -0.1) is 0 Å². The van der Waals surface area contributed by atoms with E-state index < -0.39 is 0 Å². The van der Waals surface area contributed by atoms with Crippen LogP contribution in [0.5, 0.6) is 11.5 Å². The van der Waals surface area contributed by atoms with Crippen molar-refractivity contribution in [2.45, 2.75) is 46.6 Å². The number of aryl methyl sites for hydroxylation is 1. The predicted octanol–water partition coefficient (Wildman–Crippen LogP) is 4.77. The highest BCUT2D eigenvalue weighted by molar-refractivity contribution is 5.78. The molecule has 0 heterocycles. The molecule has 26 heavy (non-hydrogen) atoms. The Morgan fingerprint density at radius 3 is 2.54 bits per heavy atom. The van der Waals surface area contributed by atoms with Crippen LogP contribution in [-0.4, -0.2) is 19.1 Å². The molecule has 1 unspecified atom stereocenters. The number of hydrogen-bond donors (Lipinski definition) is 1. The molecule has 4 heteroatoms. The van der Waals surface area contributed by atoms with Crippen molar-refractivity contribution >= 4 is 5.91 Å². The number of amides is 1. The van der Waals surface area contributed by atoms with Crippen molar-refractivity contribution < 1.29 is 14.3 Å². The largest absolute Gasteiger partial charge is 0.494 e. The van der Waals surface area contributed by atoms with Crippen molar-refractivity contribution in [1.29, 1.82) is 0 Å². The lowest BCUT2D eigenvalue weighted by Gasteiger charge is -2.17. The van der Waals surface area contributed by atoms with Gasteiger partial charge in [-0.2, -0.15) is 0 Å². The van der Waals surface area contributed by atoms with Crippen molar-refractivity contribution in [2.75, 3.05) is 13.2 Å². The molecule has 2 rings (SSSR count). The van der Waals surface area contributed by atoms with E-state index in [0.717, 1.165) is 28.2 Å². The first-order valence-corrected chi connectivity index (χ1v) is 9.16. The van der Waals surface area contributed by atoms with Gasteiger partial charge in [0.2, 0.25) is 0 Å². The van der Waals surface area contributed by atoms with Crippen LogP contribution in [0.1, 0.15) is 56.3 Å². The number of benzene rings is 2. The smallest absolute Gasteiger partial charge is 0.258 e. The fraction of sp³-hybridized carbons (Fsp3) is 0.409. The second kappa shape index (κ2) is 9.27. The third-order valence-corrected chi connectivity index (χ3v) is 4.20. The van der Waals surface area contributed by atoms with Crippen molar-refractivity contribution in [2.24, 2.45) is 0 Å². The van der Waals surface area contributed by atoms with E-state index in [4.69, 9.17) is 9.47 Å². The zero-order chi connectivity index (χ0) is 19.1. The Morgan fingerprint density at radius 2 is 1.85 bits per heavy atom. The van der Waals surface area contributed by atoms with Crippen LogP contribution in [0.4, 0.5) is 0 Å². The second-order valence-corrected chi connectivity index (χ2v) is 6.78. The number of rotatable bonds is 8. The van der Waals surface area contributed by atoms with E-state index in [0.29, 0.717) is 12.5 Å². The Labute approximate surface area is 156 Å². The Hall–Kier alpha value is -2.49. The van der Waals surface area contributed by atoms with E-state index in [9.17, 15) is 4.79 Å². The average Bonchev–Trinajstić information content (AvgIpc) is 2.60. The molecule has 0 spiro atoms. The van der Waals surface area contributed by atoms with Crippen LogP contribution < -0.4 is 14.8 Å². The summed E-state index contributed by atoms with van der Waals surface area (Å²) in [6.07, 6.45) is 0. The molecule has 140 valence electrons. The molecule has 0 aromatic heterocycles. The van der Waals surface area contributed by atoms with Gasteiger partial charge in [0.25, 0.3) is 5.91 Å². The standard InChI is InChI=1S/C22H29NO3/c1-6-25-19-9-7-8-18(13-19)17(5)23-22(24)14-26-21-12-16(4)10-11-20(21)15(2)3/h7-13,15,17H,6,14H2,1-5H3,(H,23,24). The van der Waals surface area contributed by atoms with Crippen LogP contribution in [0.3, 0.4) is 0 Å². The minimum atomic E-state index is -0.143. The number of carbonyl (C=O) groups is 1. The average molecular weight is 355 g/mol. The maximum atomic E-state index is 12.3. The molecule has 1 N–H and O–H groups in total. The molecule has 2 aromatic rings. The van der Waals surface area contributed by atoms with Gasteiger partial charge in [-0.25, -0.2) is 0 Å². The predicted molar refractivity (Wildman–Crippen MR) is 105 cm³/mol. The molecule has 0 saturated carbocycles. The topological polar surface area (TPSA) is 47.6 Å². The highest BCUT2D eigenvalue weighted by atomic mass is 16.5. The van der Waals surface area contributed by atoms with Gasteiger partial charge >= 0.3 is 0 Å². The maximum Gasteiger partial charge on any atom is 0.258 e. The normalized spacial score (nSPS) is 11.9. The molecule has 0 aliphatic rings. The van der Waals surface area contributed by atoms with Gasteiger partial charge < -0.3 is 14.8 Å². The van der Waals surface area contributed by atoms with E-state index in [1.807, 2.05) is 51.1 Å². The van der Waals surface area contributed by atoms with Crippen molar-refractivity contribution in [3.05, 3.63) is 59.2 Å². The molecule has 0 saturated heterocycles. The number of ether oxygens (including phenoxy) is 2. The Bertz CT molecular complexity index is 740. The number of carbonyl (C=O) groups excluding carboxylic acids is 1. The summed E-state index contributed by atoms with van der Waals surface area (Å²) in [5.41, 5.74) is 3.23. The summed E-state index contributed by atoms with van der Waals surface area (Å²) < 4.78 is 11.3. The summed E-state index contributed by atoms with van der Waals surface area (Å²) in [4.78, 5) is 12.3. The summed E-state index contributed by atoms with van der Waals surface area (Å²) in [6.45, 7) is 10.8. The third-order valence-electron chi connectivity index (χ3n) is 4.20. The maximum absolute atomic E-state index is 12.3. The SMILES string of the molecule is CCOc1cccc(C(C)NC(=O)COc2cc(C)ccc2C(C)C)c1. The summed E-state index contributed by atoms with van der Waals surface area (Å²) >= 11 is 0. The minimum Gasteiger partial charge on any atom is -0.494 e. The first-order valence-electron chi connectivity index (χ1n) is 9.16. The molecule has 0 bridgehead atoms. The summed E-state index contributed by atoms with van der Waals surface area (Å²) in [6, 6.07) is 13.8. The molecule has 0 radical (unpaired) electrons. The lowest BCUT2D eigenvalue weighted by molar-refractivity contribution is -0.123. The molecular formula is C22H29NO3. The Morgan fingerprint density at radius 1 is 1.08 bits per heavy atom. The molecule has 0 aliphatic heterocycles. The highest BCUT2D eigenvalue weighted by Crippen LogP contribution is 2.27. The molecule has 2 aromatic carbocycles. The molecule has 1 amide bonds. The van der Waals surface area contributed by atoms with Gasteiger partial charge in [0, 0.05) is 0 Å². The lowest BCUT2D eigenvalue weighted by atomic mass is 10.0. The molecule has 0 aliphatic carbocycles. The van der Waals surface area contributed by atoms with E-state index in [1.165, 1.54) is 0 Å². The van der Waals surface area contributed by atoms with Crippen LogP contribution in [0, 0.1) is 6.92 Å². The fourth-order valence-electron chi connectivity index (χ4n) is 2.79. The summed E-state index contributed by atoms with van der Waals surface area (Å²) in [7, 11) is 0. The van der Waals surface area contributed by atoms with Crippen molar-refractivity contribution in [3.8, 4) is 11.5 Å². The minimum absolute atomic E-state index is 0.00133. The highest BCUT2D eigenvalue weighted by Gasteiger charge is 2.13. The summed E-state index contributed by atoms with van der Waals surface area (Å²) in [5.74, 6) is 1.79. The van der Waals surface area contributed by atoms with Crippen molar-refractivity contribution in [1.82, 2.24) is 5.32 Å². The van der Waals surface area contributed by atoms with Crippen LogP contribution in [0.2, 0.25) is 0 Å². The first kappa shape index (κ1) is 19.8. The van der Waals surface area contributed by atoms with Gasteiger partial charge in [0.15, 0.2) is 6.61 Å². The molecule has 0 fully saturated rings. The van der Waals surface area contributed by atoms with Gasteiger partial charge in [0.1, 0.15) is 11.5 Å². The Balaban J connectivity index is 1.97. The third kappa shape index (κ3) is 5.51. The van der Waals surface area contributed by atoms with Crippen molar-refractivity contribution in [3.63, 3.8) is 0 Å². The quantitative estimate of drug-likeness (QED) is 0.742. The van der Waals surface area contributed by atoms with Crippen LogP contribution in [0.25, 0.3) is 0 Å². The first-order chi connectivity index (χ1) is 12.4. The van der Waals surface area contributed by atoms with Gasteiger partial charge in [-0.3, -0.25) is 4.79 Å². The lowest BCUT2D eigenvalue weighted by Crippen LogP contribution is -2.31. The van der Waals surface area contributed by atoms with Crippen LogP contribution in [0.15, 0.2) is 42.5 Å². The molecule has 4 nitrogen and oxygen atoms in total. The van der Waals surface area contributed by atoms with E-state index in [-0.39, 0.29) is 18.6 Å². The summed E-state index contributed by atoms with van der Waals surface area (Å²) in [5, 5.41) is 2.98. The molecular weight excluding hydrogens is 326 g/mol. The van der Waals surface area contributed by atoms with E-state index in [2.05, 4.69) is 31.3 Å². The monoisotopic (exact) mass is 355 g/mol. The zero-order valence-corrected chi connectivity index (χ0v) is 16.3. The fourth-order valence-corrected chi connectivity index (χ4v) is 2.79. The van der Waals surface area contributed by atoms with Crippen LogP contribution in [-0.2, 0) is 4.79 Å².